The number of carbonyl (C=O) groups is 1. The summed E-state index contributed by atoms with van der Waals surface area (Å²) in [4.78, 5) is 13.2. The Hall–Kier alpha value is -2.02. The van der Waals surface area contributed by atoms with Crippen LogP contribution in [0.25, 0.3) is 0 Å². The molecule has 1 rings (SSSR count). The second kappa shape index (κ2) is 6.54. The second-order valence-corrected chi connectivity index (χ2v) is 3.72. The van der Waals surface area contributed by atoms with E-state index < -0.39 is 0 Å². The van der Waals surface area contributed by atoms with Crippen molar-refractivity contribution in [2.24, 2.45) is 0 Å². The zero-order valence-electron chi connectivity index (χ0n) is 10.1. The maximum atomic E-state index is 11.6. The fourth-order valence-corrected chi connectivity index (χ4v) is 1.53. The molecule has 1 aromatic rings. The average molecular weight is 232 g/mol. The highest BCUT2D eigenvalue weighted by molar-refractivity contribution is 5.76. The van der Waals surface area contributed by atoms with E-state index >= 15 is 0 Å². The summed E-state index contributed by atoms with van der Waals surface area (Å²) in [7, 11) is 3.34. The zero-order valence-corrected chi connectivity index (χ0v) is 10.1. The number of methoxy groups -OCH3 is 1. The van der Waals surface area contributed by atoms with Gasteiger partial charge in [0.05, 0.1) is 13.2 Å². The highest BCUT2D eigenvalue weighted by Crippen LogP contribution is 2.18. The zero-order chi connectivity index (χ0) is 12.7. The van der Waals surface area contributed by atoms with Crippen LogP contribution in [0.1, 0.15) is 18.4 Å². The Morgan fingerprint density at radius 1 is 1.47 bits per heavy atom. The standard InChI is InChI=1S/C13H16N2O2/c1-15(13(16)8-5-9-14)10-11-6-3-4-7-12(11)17-2/h3-4,6-7H,5,8,10H2,1-2H3. The van der Waals surface area contributed by atoms with Crippen molar-refractivity contribution in [3.63, 3.8) is 0 Å². The molecule has 0 spiro atoms. The van der Waals surface area contributed by atoms with Crippen LogP contribution in [0.5, 0.6) is 5.75 Å². The monoisotopic (exact) mass is 232 g/mol. The highest BCUT2D eigenvalue weighted by atomic mass is 16.5. The third-order valence-corrected chi connectivity index (χ3v) is 2.48. The molecule has 0 unspecified atom stereocenters. The molecule has 0 atom stereocenters. The third-order valence-electron chi connectivity index (χ3n) is 2.48. The van der Waals surface area contributed by atoms with Gasteiger partial charge in [0.2, 0.25) is 5.91 Å². The van der Waals surface area contributed by atoms with E-state index in [9.17, 15) is 4.79 Å². The molecule has 0 saturated carbocycles. The largest absolute Gasteiger partial charge is 0.496 e. The predicted molar refractivity (Wildman–Crippen MR) is 64.3 cm³/mol. The van der Waals surface area contributed by atoms with Crippen molar-refractivity contribution in [2.45, 2.75) is 19.4 Å². The van der Waals surface area contributed by atoms with Crippen LogP contribution in [0.15, 0.2) is 24.3 Å². The van der Waals surface area contributed by atoms with Gasteiger partial charge in [0.15, 0.2) is 0 Å². The van der Waals surface area contributed by atoms with Crippen LogP contribution in [0.2, 0.25) is 0 Å². The second-order valence-electron chi connectivity index (χ2n) is 3.72. The van der Waals surface area contributed by atoms with Crippen molar-refractivity contribution in [3.8, 4) is 11.8 Å². The van der Waals surface area contributed by atoms with E-state index in [0.29, 0.717) is 6.54 Å². The summed E-state index contributed by atoms with van der Waals surface area (Å²) in [5.74, 6) is 0.741. The Bertz CT molecular complexity index is 424. The molecular formula is C13H16N2O2. The van der Waals surface area contributed by atoms with Crippen molar-refractivity contribution >= 4 is 5.91 Å². The minimum Gasteiger partial charge on any atom is -0.496 e. The van der Waals surface area contributed by atoms with Gasteiger partial charge in [-0.3, -0.25) is 4.79 Å². The van der Waals surface area contributed by atoms with E-state index in [1.54, 1.807) is 19.1 Å². The molecule has 0 heterocycles. The van der Waals surface area contributed by atoms with Crippen LogP contribution in [-0.2, 0) is 11.3 Å². The van der Waals surface area contributed by atoms with Gasteiger partial charge in [-0.05, 0) is 6.07 Å². The fourth-order valence-electron chi connectivity index (χ4n) is 1.53. The van der Waals surface area contributed by atoms with Gasteiger partial charge < -0.3 is 9.64 Å². The van der Waals surface area contributed by atoms with Crippen molar-refractivity contribution in [1.29, 1.82) is 5.26 Å². The summed E-state index contributed by atoms with van der Waals surface area (Å²) >= 11 is 0. The van der Waals surface area contributed by atoms with Crippen LogP contribution < -0.4 is 4.74 Å². The first kappa shape index (κ1) is 13.0. The molecule has 0 aliphatic heterocycles. The van der Waals surface area contributed by atoms with Gasteiger partial charge in [-0.1, -0.05) is 18.2 Å². The van der Waals surface area contributed by atoms with Gasteiger partial charge in [-0.2, -0.15) is 5.26 Å². The molecule has 1 aromatic carbocycles. The molecule has 0 radical (unpaired) electrons. The van der Waals surface area contributed by atoms with E-state index in [-0.39, 0.29) is 18.7 Å². The van der Waals surface area contributed by atoms with E-state index in [0.717, 1.165) is 11.3 Å². The summed E-state index contributed by atoms with van der Waals surface area (Å²) in [6.07, 6.45) is 0.525. The summed E-state index contributed by atoms with van der Waals surface area (Å²) in [5.41, 5.74) is 0.961. The van der Waals surface area contributed by atoms with Crippen LogP contribution in [0.4, 0.5) is 0 Å². The molecule has 0 fully saturated rings. The topological polar surface area (TPSA) is 53.3 Å². The predicted octanol–water partition coefficient (Wildman–Crippen LogP) is 1.96. The number of amides is 1. The molecule has 90 valence electrons. The number of ether oxygens (including phenoxy) is 1. The van der Waals surface area contributed by atoms with Gasteiger partial charge in [0.25, 0.3) is 0 Å². The first-order chi connectivity index (χ1) is 8.19. The average Bonchev–Trinajstić information content (AvgIpc) is 2.36. The summed E-state index contributed by atoms with van der Waals surface area (Å²) in [6, 6.07) is 9.55. The molecular weight excluding hydrogens is 216 g/mol. The van der Waals surface area contributed by atoms with E-state index in [4.69, 9.17) is 10.00 Å². The smallest absolute Gasteiger partial charge is 0.223 e. The highest BCUT2D eigenvalue weighted by Gasteiger charge is 2.11. The first-order valence-electron chi connectivity index (χ1n) is 5.42. The van der Waals surface area contributed by atoms with Gasteiger partial charge in [-0.25, -0.2) is 0 Å². The van der Waals surface area contributed by atoms with Gasteiger partial charge in [0.1, 0.15) is 5.75 Å². The number of nitriles is 1. The Morgan fingerprint density at radius 3 is 2.82 bits per heavy atom. The van der Waals surface area contributed by atoms with Crippen molar-refractivity contribution in [2.75, 3.05) is 14.2 Å². The third kappa shape index (κ3) is 3.80. The van der Waals surface area contributed by atoms with Crippen molar-refractivity contribution in [1.82, 2.24) is 4.90 Å². The Labute approximate surface area is 101 Å². The summed E-state index contributed by atoms with van der Waals surface area (Å²) in [6.45, 7) is 0.494. The van der Waals surface area contributed by atoms with Crippen molar-refractivity contribution < 1.29 is 9.53 Å². The van der Waals surface area contributed by atoms with E-state index in [2.05, 4.69) is 0 Å². The quantitative estimate of drug-likeness (QED) is 0.779. The first-order valence-corrected chi connectivity index (χ1v) is 5.42. The molecule has 4 heteroatoms. The number of rotatable bonds is 5. The minimum absolute atomic E-state index is 0.0301. The molecule has 1 amide bonds. The van der Waals surface area contributed by atoms with Gasteiger partial charge in [-0.15, -0.1) is 0 Å². The summed E-state index contributed by atoms with van der Waals surface area (Å²) < 4.78 is 5.22. The summed E-state index contributed by atoms with van der Waals surface area (Å²) in [5, 5.41) is 8.43. The van der Waals surface area contributed by atoms with Gasteiger partial charge >= 0.3 is 0 Å². The Balaban J connectivity index is 2.64. The minimum atomic E-state index is -0.0301. The molecule has 17 heavy (non-hydrogen) atoms. The maximum Gasteiger partial charge on any atom is 0.223 e. The van der Waals surface area contributed by atoms with Crippen LogP contribution in [-0.4, -0.2) is 25.0 Å². The molecule has 0 aromatic heterocycles. The van der Waals surface area contributed by atoms with Gasteiger partial charge in [0, 0.05) is 32.0 Å². The van der Waals surface area contributed by atoms with E-state index in [1.165, 1.54) is 0 Å². The number of para-hydroxylation sites is 1. The Morgan fingerprint density at radius 2 is 2.18 bits per heavy atom. The molecule has 4 nitrogen and oxygen atoms in total. The number of carbonyl (C=O) groups excluding carboxylic acids is 1. The SMILES string of the molecule is COc1ccccc1CN(C)C(=O)CCC#N. The van der Waals surface area contributed by atoms with Crippen LogP contribution >= 0.6 is 0 Å². The van der Waals surface area contributed by atoms with Crippen LogP contribution in [0.3, 0.4) is 0 Å². The Kier molecular flexibility index (Phi) is 5.02. The lowest BCUT2D eigenvalue weighted by Gasteiger charge is -2.18. The molecule has 0 aliphatic carbocycles. The fraction of sp³-hybridized carbons (Fsp3) is 0.385. The number of nitrogens with zero attached hydrogens (tertiary/aromatic N) is 2. The number of benzene rings is 1. The van der Waals surface area contributed by atoms with E-state index in [1.807, 2.05) is 30.3 Å². The van der Waals surface area contributed by atoms with Crippen molar-refractivity contribution in [3.05, 3.63) is 29.8 Å². The lowest BCUT2D eigenvalue weighted by Crippen LogP contribution is -2.25. The molecule has 0 saturated heterocycles. The number of hydrogen-bond donors (Lipinski definition) is 0. The maximum absolute atomic E-state index is 11.6. The lowest BCUT2D eigenvalue weighted by atomic mass is 10.2. The normalized spacial score (nSPS) is 9.47. The molecule has 0 aliphatic rings. The molecule has 0 N–H and O–H groups in total. The number of hydrogen-bond acceptors (Lipinski definition) is 3. The lowest BCUT2D eigenvalue weighted by molar-refractivity contribution is -0.130. The molecule has 0 bridgehead atoms. The van der Waals surface area contributed by atoms with Crippen LogP contribution in [0, 0.1) is 11.3 Å².